The van der Waals surface area contributed by atoms with Gasteiger partial charge in [0.2, 0.25) is 6.41 Å². The fourth-order valence-corrected chi connectivity index (χ4v) is 4.27. The lowest BCUT2D eigenvalue weighted by Crippen LogP contribution is -2.23. The number of pyridine rings is 1. The molecule has 1 atom stereocenters. The molecule has 0 bridgehead atoms. The summed E-state index contributed by atoms with van der Waals surface area (Å²) in [6, 6.07) is 7.59. The molecule has 0 saturated heterocycles. The van der Waals surface area contributed by atoms with Crippen LogP contribution in [0.3, 0.4) is 0 Å². The molecule has 1 unspecified atom stereocenters. The number of para-hydroxylation sites is 1. The van der Waals surface area contributed by atoms with Crippen molar-refractivity contribution in [3.05, 3.63) is 64.6 Å². The Hall–Kier alpha value is -4.54. The first-order chi connectivity index (χ1) is 17.3. The number of aromatic nitrogens is 7. The van der Waals surface area contributed by atoms with Crippen molar-refractivity contribution in [2.75, 3.05) is 5.32 Å². The highest BCUT2D eigenvalue weighted by molar-refractivity contribution is 5.97. The summed E-state index contributed by atoms with van der Waals surface area (Å²) < 4.78 is 3.65. The van der Waals surface area contributed by atoms with Crippen molar-refractivity contribution in [3.63, 3.8) is 0 Å². The van der Waals surface area contributed by atoms with Gasteiger partial charge >= 0.3 is 0 Å². The summed E-state index contributed by atoms with van der Waals surface area (Å²) in [7, 11) is 3.76. The van der Waals surface area contributed by atoms with Crippen LogP contribution in [-0.4, -0.2) is 40.7 Å². The first-order valence-corrected chi connectivity index (χ1v) is 11.5. The van der Waals surface area contributed by atoms with Gasteiger partial charge in [0.25, 0.3) is 5.56 Å². The van der Waals surface area contributed by atoms with Gasteiger partial charge in [0.15, 0.2) is 5.82 Å². The van der Waals surface area contributed by atoms with Gasteiger partial charge in [-0.05, 0) is 30.5 Å². The number of carbonyl (C=O) groups is 1. The zero-order valence-corrected chi connectivity index (χ0v) is 20.9. The van der Waals surface area contributed by atoms with Crippen LogP contribution in [0.1, 0.15) is 31.3 Å². The molecular weight excluding hydrogens is 458 g/mol. The van der Waals surface area contributed by atoms with Gasteiger partial charge in [-0.2, -0.15) is 5.10 Å². The van der Waals surface area contributed by atoms with Gasteiger partial charge in [0, 0.05) is 32.7 Å². The summed E-state index contributed by atoms with van der Waals surface area (Å²) in [5, 5.41) is 8.22. The second kappa shape index (κ2) is 9.98. The standard InChI is InChI=1S/C24H26N8O.CH3NO/c1-13(2)18(22-25-10-7-11-26-22)28-21-17(24(33)27-15-12-31(4)30-20(15)21)23-29-19-14(3)8-6-9-16(19)32(23)5;2-1-3/h6-13,18,28H,1-5H3,(H,27,33);1H,(H2,2,3). The van der Waals surface area contributed by atoms with Crippen LogP contribution in [-0.2, 0) is 18.9 Å². The minimum absolute atomic E-state index is 0.154. The number of hydrogen-bond donors (Lipinski definition) is 3. The SMILES string of the molecule is Cc1cccc2c1nc(-c1c(NC(c3ncccn3)C(C)C)c3nn(C)cc3[nH]c1=O)n2C.NC=O. The van der Waals surface area contributed by atoms with E-state index >= 15 is 0 Å². The number of primary amides is 1. The van der Waals surface area contributed by atoms with E-state index in [1.807, 2.05) is 43.8 Å². The molecular formula is C25H29N9O2. The summed E-state index contributed by atoms with van der Waals surface area (Å²) in [5.74, 6) is 1.39. The molecule has 186 valence electrons. The Kier molecular flexibility index (Phi) is 6.82. The Morgan fingerprint density at radius 2 is 1.81 bits per heavy atom. The van der Waals surface area contributed by atoms with E-state index in [0.29, 0.717) is 33.9 Å². The van der Waals surface area contributed by atoms with Crippen LogP contribution in [0.2, 0.25) is 0 Å². The van der Waals surface area contributed by atoms with Crippen molar-refractivity contribution in [1.29, 1.82) is 0 Å². The van der Waals surface area contributed by atoms with Crippen LogP contribution in [0.5, 0.6) is 0 Å². The highest BCUT2D eigenvalue weighted by atomic mass is 16.1. The highest BCUT2D eigenvalue weighted by Gasteiger charge is 2.26. The van der Waals surface area contributed by atoms with Gasteiger partial charge in [-0.15, -0.1) is 0 Å². The fourth-order valence-electron chi connectivity index (χ4n) is 4.27. The maximum Gasteiger partial charge on any atom is 0.261 e. The largest absolute Gasteiger partial charge is 0.372 e. The van der Waals surface area contributed by atoms with Crippen LogP contribution in [0, 0.1) is 12.8 Å². The molecule has 11 nitrogen and oxygen atoms in total. The van der Waals surface area contributed by atoms with E-state index in [9.17, 15) is 4.79 Å². The number of aryl methyl sites for hydroxylation is 3. The number of nitrogens with two attached hydrogens (primary N) is 1. The Bertz CT molecular complexity index is 1580. The quantitative estimate of drug-likeness (QED) is 0.323. The average Bonchev–Trinajstić information content (AvgIpc) is 3.38. The van der Waals surface area contributed by atoms with Gasteiger partial charge in [0.1, 0.15) is 16.9 Å². The Morgan fingerprint density at radius 3 is 2.44 bits per heavy atom. The number of carbonyl (C=O) groups excluding carboxylic acids is 1. The molecule has 4 N–H and O–H groups in total. The predicted octanol–water partition coefficient (Wildman–Crippen LogP) is 2.82. The zero-order chi connectivity index (χ0) is 26.0. The lowest BCUT2D eigenvalue weighted by atomic mass is 10.0. The molecule has 5 rings (SSSR count). The number of fused-ring (bicyclic) bond motifs is 2. The fraction of sp³-hybridized carbons (Fsp3) is 0.280. The normalized spacial score (nSPS) is 11.9. The minimum atomic E-state index is -0.231. The van der Waals surface area contributed by atoms with E-state index in [2.05, 4.69) is 44.9 Å². The predicted molar refractivity (Wildman–Crippen MR) is 139 cm³/mol. The molecule has 11 heteroatoms. The van der Waals surface area contributed by atoms with Crippen molar-refractivity contribution in [1.82, 2.24) is 34.3 Å². The molecule has 1 amide bonds. The van der Waals surface area contributed by atoms with E-state index in [0.717, 1.165) is 16.6 Å². The lowest BCUT2D eigenvalue weighted by Gasteiger charge is -2.23. The molecule has 1 aromatic carbocycles. The third-order valence-corrected chi connectivity index (χ3v) is 5.96. The topological polar surface area (TPSA) is 149 Å². The van der Waals surface area contributed by atoms with Gasteiger partial charge in [-0.25, -0.2) is 15.0 Å². The monoisotopic (exact) mass is 487 g/mol. The first kappa shape index (κ1) is 24.6. The Morgan fingerprint density at radius 1 is 1.11 bits per heavy atom. The molecule has 0 aliphatic heterocycles. The molecule has 0 aliphatic carbocycles. The Balaban J connectivity index is 0.000000967. The number of benzene rings is 1. The molecule has 0 fully saturated rings. The molecule has 0 aliphatic rings. The summed E-state index contributed by atoms with van der Waals surface area (Å²) in [4.78, 5) is 38.8. The number of amides is 1. The minimum Gasteiger partial charge on any atom is -0.372 e. The zero-order valence-electron chi connectivity index (χ0n) is 20.9. The van der Waals surface area contributed by atoms with E-state index in [1.54, 1.807) is 29.3 Å². The summed E-state index contributed by atoms with van der Waals surface area (Å²) in [6.45, 7) is 6.20. The molecule has 4 heterocycles. The lowest BCUT2D eigenvalue weighted by molar-refractivity contribution is -0.106. The van der Waals surface area contributed by atoms with Gasteiger partial charge < -0.3 is 20.6 Å². The van der Waals surface area contributed by atoms with E-state index in [4.69, 9.17) is 9.78 Å². The summed E-state index contributed by atoms with van der Waals surface area (Å²) >= 11 is 0. The van der Waals surface area contributed by atoms with Crippen LogP contribution in [0.25, 0.3) is 33.5 Å². The summed E-state index contributed by atoms with van der Waals surface area (Å²) in [5.41, 5.74) is 9.20. The number of nitrogens with zero attached hydrogens (tertiary/aromatic N) is 6. The maximum atomic E-state index is 13.4. The molecule has 0 saturated carbocycles. The van der Waals surface area contributed by atoms with Gasteiger partial charge in [-0.3, -0.25) is 14.3 Å². The number of aromatic amines is 1. The maximum absolute atomic E-state index is 13.4. The van der Waals surface area contributed by atoms with E-state index < -0.39 is 0 Å². The molecule has 4 aromatic heterocycles. The van der Waals surface area contributed by atoms with Gasteiger partial charge in [0.05, 0.1) is 28.3 Å². The van der Waals surface area contributed by atoms with Crippen LogP contribution in [0.4, 0.5) is 5.69 Å². The number of H-pyrrole nitrogens is 1. The molecule has 36 heavy (non-hydrogen) atoms. The van der Waals surface area contributed by atoms with Crippen LogP contribution < -0.4 is 16.6 Å². The molecule has 0 spiro atoms. The average molecular weight is 488 g/mol. The Labute approximate surface area is 207 Å². The summed E-state index contributed by atoms with van der Waals surface area (Å²) in [6.07, 6.45) is 5.50. The third kappa shape index (κ3) is 4.42. The van der Waals surface area contributed by atoms with Crippen molar-refractivity contribution in [2.24, 2.45) is 25.7 Å². The number of rotatable bonds is 5. The highest BCUT2D eigenvalue weighted by Crippen LogP contribution is 2.35. The molecule has 0 radical (unpaired) electrons. The van der Waals surface area contributed by atoms with E-state index in [1.165, 1.54) is 0 Å². The second-order valence-electron chi connectivity index (χ2n) is 8.82. The number of anilines is 1. The second-order valence-corrected chi connectivity index (χ2v) is 8.82. The van der Waals surface area contributed by atoms with Crippen LogP contribution in [0.15, 0.2) is 47.7 Å². The van der Waals surface area contributed by atoms with E-state index in [-0.39, 0.29) is 23.9 Å². The number of hydrogen-bond acceptors (Lipinski definition) is 7. The van der Waals surface area contributed by atoms with Crippen molar-refractivity contribution in [2.45, 2.75) is 26.8 Å². The molecule has 5 aromatic rings. The van der Waals surface area contributed by atoms with Crippen LogP contribution >= 0.6 is 0 Å². The van der Waals surface area contributed by atoms with Crippen molar-refractivity contribution >= 4 is 34.2 Å². The number of imidazole rings is 1. The third-order valence-electron chi connectivity index (χ3n) is 5.96. The van der Waals surface area contributed by atoms with Crippen molar-refractivity contribution in [3.8, 4) is 11.4 Å². The smallest absolute Gasteiger partial charge is 0.261 e. The van der Waals surface area contributed by atoms with Gasteiger partial charge in [-0.1, -0.05) is 26.0 Å². The number of nitrogens with one attached hydrogen (secondary N) is 2. The van der Waals surface area contributed by atoms with Crippen molar-refractivity contribution < 1.29 is 4.79 Å². The first-order valence-electron chi connectivity index (χ1n) is 11.5.